The lowest BCUT2D eigenvalue weighted by Crippen LogP contribution is -2.52. The Labute approximate surface area is 325 Å². The first-order valence-corrected chi connectivity index (χ1v) is 19.0. The minimum Gasteiger partial charge on any atom is -0.493 e. The molecule has 3 aliphatic heterocycles. The highest BCUT2D eigenvalue weighted by Crippen LogP contribution is 2.38. The fourth-order valence-corrected chi connectivity index (χ4v) is 8.11. The van der Waals surface area contributed by atoms with Gasteiger partial charge < -0.3 is 29.5 Å². The van der Waals surface area contributed by atoms with Crippen molar-refractivity contribution in [3.63, 3.8) is 0 Å². The molecule has 0 radical (unpaired) electrons. The van der Waals surface area contributed by atoms with E-state index in [1.165, 1.54) is 28.9 Å². The zero-order valence-corrected chi connectivity index (χ0v) is 32.2. The Morgan fingerprint density at radius 1 is 1.04 bits per heavy atom. The molecule has 56 heavy (non-hydrogen) atoms. The maximum absolute atomic E-state index is 14.9. The molecule has 3 heterocycles. The van der Waals surface area contributed by atoms with E-state index in [9.17, 15) is 33.2 Å². The van der Waals surface area contributed by atoms with Gasteiger partial charge in [-0.15, -0.1) is 0 Å². The fraction of sp³-hybridized carbons (Fsp3) is 0.429. The minimum atomic E-state index is -0.764. The summed E-state index contributed by atoms with van der Waals surface area (Å²) < 4.78 is 25.9. The van der Waals surface area contributed by atoms with Crippen molar-refractivity contribution in [2.45, 2.75) is 77.4 Å². The van der Waals surface area contributed by atoms with Crippen LogP contribution in [-0.4, -0.2) is 97.0 Å². The van der Waals surface area contributed by atoms with Gasteiger partial charge in [0, 0.05) is 44.6 Å². The van der Waals surface area contributed by atoms with Gasteiger partial charge >= 0.3 is 0 Å². The number of hydrogen-bond donors (Lipinski definition) is 2. The first-order valence-electron chi connectivity index (χ1n) is 19.0. The lowest BCUT2D eigenvalue weighted by atomic mass is 9.85. The standard InChI is InChI=1S/C42H48FN5O8/c1-5-56-37-19-27(8-10-36(37)55-4)22-46(3)42(54)39-29(24-49)17-26(18-34(39)44-25(2)50)7-6-14-47-15-12-28(13-16-47)31-20-30(43)21-32-33(31)23-48(41(32)53)35-9-11-38(51)45-40(35)52/h8,10,17-21,24,28,35H,5-7,9,11-16,22-23H2,1-4H3,(H,44,50)(H,45,51,52). The molecule has 3 aromatic rings. The van der Waals surface area contributed by atoms with E-state index in [1.807, 2.05) is 19.1 Å². The molecule has 1 unspecified atom stereocenters. The second kappa shape index (κ2) is 17.4. The Kier molecular flexibility index (Phi) is 12.5. The van der Waals surface area contributed by atoms with Gasteiger partial charge in [0.1, 0.15) is 11.9 Å². The highest BCUT2D eigenvalue weighted by molar-refractivity contribution is 6.09. The average Bonchev–Trinajstić information content (AvgIpc) is 3.49. The monoisotopic (exact) mass is 769 g/mol. The molecule has 5 amide bonds. The lowest BCUT2D eigenvalue weighted by molar-refractivity contribution is -0.137. The topological polar surface area (TPSA) is 155 Å². The second-order valence-corrected chi connectivity index (χ2v) is 14.6. The number of aryl methyl sites for hydroxylation is 1. The van der Waals surface area contributed by atoms with Gasteiger partial charge in [-0.1, -0.05) is 6.07 Å². The number of nitrogens with zero attached hydrogens (tertiary/aromatic N) is 3. The molecule has 0 bridgehead atoms. The van der Waals surface area contributed by atoms with E-state index in [2.05, 4.69) is 15.5 Å². The number of halogens is 1. The number of carbonyl (C=O) groups is 6. The second-order valence-electron chi connectivity index (χ2n) is 14.6. The van der Waals surface area contributed by atoms with Crippen LogP contribution >= 0.6 is 0 Å². The Hall–Kier alpha value is -5.63. The third kappa shape index (κ3) is 8.75. The van der Waals surface area contributed by atoms with E-state index in [0.717, 1.165) is 61.2 Å². The maximum Gasteiger partial charge on any atom is 0.256 e. The maximum atomic E-state index is 14.9. The Balaban J connectivity index is 1.08. The summed E-state index contributed by atoms with van der Waals surface area (Å²) in [6.07, 6.45) is 3.90. The van der Waals surface area contributed by atoms with Gasteiger partial charge in [0.15, 0.2) is 17.8 Å². The molecule has 2 N–H and O–H groups in total. The zero-order valence-electron chi connectivity index (χ0n) is 32.2. The van der Waals surface area contributed by atoms with Gasteiger partial charge in [0.05, 0.1) is 25.0 Å². The van der Waals surface area contributed by atoms with Crippen LogP contribution in [0.25, 0.3) is 0 Å². The summed E-state index contributed by atoms with van der Waals surface area (Å²) in [4.78, 5) is 81.3. The van der Waals surface area contributed by atoms with Crippen LogP contribution in [0.4, 0.5) is 10.1 Å². The van der Waals surface area contributed by atoms with Gasteiger partial charge in [-0.2, -0.15) is 0 Å². The SMILES string of the molecule is CCOc1cc(CN(C)C(=O)c2c(C=O)cc(CCCN3CCC(c4cc(F)cc5c4CN(C4CCC(=O)NC4=O)C5=O)CC3)cc2NC(C)=O)ccc1OC. The van der Waals surface area contributed by atoms with E-state index in [4.69, 9.17) is 9.47 Å². The summed E-state index contributed by atoms with van der Waals surface area (Å²) in [5.41, 5.74) is 4.02. The first kappa shape index (κ1) is 40.0. The van der Waals surface area contributed by atoms with Gasteiger partial charge in [0.25, 0.3) is 11.8 Å². The molecule has 14 heteroatoms. The number of rotatable bonds is 14. The van der Waals surface area contributed by atoms with Crippen molar-refractivity contribution < 1.29 is 42.6 Å². The number of nitrogens with one attached hydrogen (secondary N) is 2. The predicted molar refractivity (Wildman–Crippen MR) is 205 cm³/mol. The number of ether oxygens (including phenoxy) is 2. The highest BCUT2D eigenvalue weighted by atomic mass is 19.1. The smallest absolute Gasteiger partial charge is 0.256 e. The van der Waals surface area contributed by atoms with Gasteiger partial charge in [-0.05, 0) is 123 Å². The first-order chi connectivity index (χ1) is 26.9. The number of amides is 5. The number of imide groups is 1. The van der Waals surface area contributed by atoms with Crippen LogP contribution < -0.4 is 20.1 Å². The lowest BCUT2D eigenvalue weighted by Gasteiger charge is -2.33. The van der Waals surface area contributed by atoms with Crippen LogP contribution in [0.15, 0.2) is 42.5 Å². The van der Waals surface area contributed by atoms with E-state index < -0.39 is 23.7 Å². The van der Waals surface area contributed by atoms with Crippen LogP contribution in [0, 0.1) is 5.82 Å². The molecule has 0 saturated carbocycles. The fourth-order valence-electron chi connectivity index (χ4n) is 8.11. The molecule has 1 atom stereocenters. The molecule has 2 fully saturated rings. The van der Waals surface area contributed by atoms with E-state index >= 15 is 0 Å². The van der Waals surface area contributed by atoms with Crippen molar-refractivity contribution in [2.24, 2.45) is 0 Å². The van der Waals surface area contributed by atoms with Gasteiger partial charge in [-0.25, -0.2) is 4.39 Å². The van der Waals surface area contributed by atoms with Crippen LogP contribution in [0.3, 0.4) is 0 Å². The van der Waals surface area contributed by atoms with Crippen LogP contribution in [-0.2, 0) is 33.9 Å². The normalized spacial score (nSPS) is 17.3. The highest BCUT2D eigenvalue weighted by Gasteiger charge is 2.41. The van der Waals surface area contributed by atoms with Crippen LogP contribution in [0.5, 0.6) is 11.5 Å². The van der Waals surface area contributed by atoms with Crippen LogP contribution in [0.1, 0.15) is 105 Å². The Morgan fingerprint density at radius 3 is 2.48 bits per heavy atom. The van der Waals surface area contributed by atoms with E-state index in [0.29, 0.717) is 30.8 Å². The number of carbonyl (C=O) groups excluding carboxylic acids is 6. The Morgan fingerprint density at radius 2 is 1.80 bits per heavy atom. The van der Waals surface area contributed by atoms with Crippen LogP contribution in [0.2, 0.25) is 0 Å². The summed E-state index contributed by atoms with van der Waals surface area (Å²) >= 11 is 0. The third-order valence-electron chi connectivity index (χ3n) is 10.8. The molecule has 0 aromatic heterocycles. The minimum absolute atomic E-state index is 0.0419. The number of methoxy groups -OCH3 is 1. The number of piperidine rings is 2. The molecule has 0 aliphatic carbocycles. The number of aldehydes is 1. The van der Waals surface area contributed by atoms with Crippen molar-refractivity contribution in [2.75, 3.05) is 45.7 Å². The van der Waals surface area contributed by atoms with Gasteiger partial charge in [-0.3, -0.25) is 34.1 Å². The molecular weight excluding hydrogens is 721 g/mol. The summed E-state index contributed by atoms with van der Waals surface area (Å²) in [5, 5.41) is 5.07. The van der Waals surface area contributed by atoms with Crippen molar-refractivity contribution in [1.29, 1.82) is 0 Å². The molecule has 6 rings (SSSR count). The summed E-state index contributed by atoms with van der Waals surface area (Å²) in [6, 6.07) is 10.9. The van der Waals surface area contributed by atoms with Crippen molar-refractivity contribution >= 4 is 41.5 Å². The van der Waals surface area contributed by atoms with Gasteiger partial charge in [0.2, 0.25) is 17.7 Å². The zero-order chi connectivity index (χ0) is 40.1. The van der Waals surface area contributed by atoms with E-state index in [1.54, 1.807) is 32.4 Å². The molecule has 3 aromatic carbocycles. The van der Waals surface area contributed by atoms with Crippen molar-refractivity contribution in [3.05, 3.63) is 87.2 Å². The molecule has 3 aliphatic rings. The number of likely N-dealkylation sites (tertiary alicyclic amines) is 1. The third-order valence-corrected chi connectivity index (χ3v) is 10.8. The molecule has 13 nitrogen and oxygen atoms in total. The summed E-state index contributed by atoms with van der Waals surface area (Å²) in [7, 11) is 3.19. The largest absolute Gasteiger partial charge is 0.493 e. The summed E-state index contributed by atoms with van der Waals surface area (Å²) in [6.45, 7) is 6.38. The molecule has 0 spiro atoms. The Bertz CT molecular complexity index is 2050. The average molecular weight is 770 g/mol. The quantitative estimate of drug-likeness (QED) is 0.173. The van der Waals surface area contributed by atoms with Crippen molar-refractivity contribution in [1.82, 2.24) is 20.0 Å². The number of benzene rings is 3. The van der Waals surface area contributed by atoms with Crippen molar-refractivity contribution in [3.8, 4) is 11.5 Å². The summed E-state index contributed by atoms with van der Waals surface area (Å²) in [5.74, 6) is -1.34. The predicted octanol–water partition coefficient (Wildman–Crippen LogP) is 4.85. The number of hydrogen-bond acceptors (Lipinski definition) is 9. The number of anilines is 1. The molecule has 296 valence electrons. The van der Waals surface area contributed by atoms with E-state index in [-0.39, 0.29) is 71.9 Å². The number of fused-ring (bicyclic) bond motifs is 1. The molecular formula is C42H48FN5O8. The molecule has 2 saturated heterocycles.